The third kappa shape index (κ3) is 2.56. The molecule has 0 aliphatic rings. The van der Waals surface area contributed by atoms with Gasteiger partial charge in [0.1, 0.15) is 6.61 Å². The minimum absolute atomic E-state index is 0.247. The van der Waals surface area contributed by atoms with Gasteiger partial charge < -0.3 is 4.74 Å². The maximum Gasteiger partial charge on any atom is 0.207 e. The lowest BCUT2D eigenvalue weighted by molar-refractivity contribution is 0.253. The molecule has 2 rings (SSSR count). The van der Waals surface area contributed by atoms with E-state index < -0.39 is 41.4 Å². The molecule has 0 spiro atoms. The van der Waals surface area contributed by atoms with Crippen LogP contribution in [-0.2, 0) is 6.61 Å². The van der Waals surface area contributed by atoms with Crippen molar-refractivity contribution in [2.45, 2.75) is 6.61 Å². The second-order valence-electron chi connectivity index (χ2n) is 3.78. The van der Waals surface area contributed by atoms with Crippen molar-refractivity contribution in [1.82, 2.24) is 0 Å². The monoisotopic (exact) mass is 308 g/mol. The highest BCUT2D eigenvalue weighted by Crippen LogP contribution is 2.30. The molecule has 0 heterocycles. The molecule has 0 saturated heterocycles. The van der Waals surface area contributed by atoms with Gasteiger partial charge in [-0.25, -0.2) is 13.2 Å². The Morgan fingerprint density at radius 2 is 1.30 bits per heavy atom. The zero-order valence-corrected chi connectivity index (χ0v) is 10.4. The highest BCUT2D eigenvalue weighted by molar-refractivity contribution is 6.31. The van der Waals surface area contributed by atoms with Crippen LogP contribution in [0.3, 0.4) is 0 Å². The van der Waals surface area contributed by atoms with Crippen LogP contribution in [0.2, 0.25) is 5.02 Å². The highest BCUT2D eigenvalue weighted by atomic mass is 35.5. The predicted molar refractivity (Wildman–Crippen MR) is 62.0 cm³/mol. The van der Waals surface area contributed by atoms with Gasteiger partial charge in [-0.1, -0.05) is 29.8 Å². The predicted octanol–water partition coefficient (Wildman–Crippen LogP) is 4.61. The molecule has 0 N–H and O–H groups in total. The molecule has 0 unspecified atom stereocenters. The lowest BCUT2D eigenvalue weighted by atomic mass is 10.2. The van der Waals surface area contributed by atoms with E-state index in [0.717, 1.165) is 0 Å². The summed E-state index contributed by atoms with van der Waals surface area (Å²) in [5, 5.41) is 0.247. The molecule has 2 aromatic carbocycles. The third-order valence-electron chi connectivity index (χ3n) is 2.50. The first-order valence-electron chi connectivity index (χ1n) is 5.31. The number of rotatable bonds is 3. The van der Waals surface area contributed by atoms with Crippen LogP contribution in [0, 0.1) is 29.1 Å². The lowest BCUT2D eigenvalue weighted by Crippen LogP contribution is -2.07. The summed E-state index contributed by atoms with van der Waals surface area (Å²) in [7, 11) is 0. The van der Waals surface area contributed by atoms with Crippen molar-refractivity contribution in [3.8, 4) is 5.75 Å². The van der Waals surface area contributed by atoms with Gasteiger partial charge in [0.15, 0.2) is 5.75 Å². The first-order valence-corrected chi connectivity index (χ1v) is 5.69. The molecule has 1 nitrogen and oxygen atoms in total. The Kier molecular flexibility index (Phi) is 4.13. The number of hydrogen-bond donors (Lipinski definition) is 0. The zero-order chi connectivity index (χ0) is 14.9. The summed E-state index contributed by atoms with van der Waals surface area (Å²) < 4.78 is 70.0. The van der Waals surface area contributed by atoms with E-state index in [1.54, 1.807) is 12.1 Å². The van der Waals surface area contributed by atoms with Crippen LogP contribution in [-0.4, -0.2) is 0 Å². The van der Waals surface area contributed by atoms with Gasteiger partial charge >= 0.3 is 0 Å². The minimum atomic E-state index is -2.23. The van der Waals surface area contributed by atoms with Gasteiger partial charge in [-0.05, 0) is 6.07 Å². The fourth-order valence-electron chi connectivity index (χ4n) is 1.48. The summed E-state index contributed by atoms with van der Waals surface area (Å²) in [6.45, 7) is -0.433. The van der Waals surface area contributed by atoms with Crippen molar-refractivity contribution >= 4 is 11.6 Å². The van der Waals surface area contributed by atoms with Crippen molar-refractivity contribution in [2.24, 2.45) is 0 Å². The van der Waals surface area contributed by atoms with Crippen LogP contribution >= 0.6 is 11.6 Å². The van der Waals surface area contributed by atoms with E-state index in [9.17, 15) is 22.0 Å². The van der Waals surface area contributed by atoms with Gasteiger partial charge in [-0.2, -0.15) is 8.78 Å². The smallest absolute Gasteiger partial charge is 0.207 e. The molecule has 0 fully saturated rings. The van der Waals surface area contributed by atoms with Crippen LogP contribution in [0.15, 0.2) is 24.3 Å². The maximum atomic E-state index is 13.3. The Bertz CT molecular complexity index is 630. The van der Waals surface area contributed by atoms with Gasteiger partial charge in [-0.3, -0.25) is 0 Å². The molecule has 0 aliphatic carbocycles. The second kappa shape index (κ2) is 5.66. The lowest BCUT2D eigenvalue weighted by Gasteiger charge is -2.11. The molecule has 0 amide bonds. The molecule has 7 heteroatoms. The summed E-state index contributed by atoms with van der Waals surface area (Å²) in [5.41, 5.74) is 0.345. The Morgan fingerprint density at radius 1 is 0.800 bits per heavy atom. The molecule has 0 radical (unpaired) electrons. The maximum absolute atomic E-state index is 13.3. The van der Waals surface area contributed by atoms with Crippen molar-refractivity contribution in [2.75, 3.05) is 0 Å². The fourth-order valence-corrected chi connectivity index (χ4v) is 1.67. The molecule has 0 saturated carbocycles. The van der Waals surface area contributed by atoms with E-state index in [1.165, 1.54) is 12.1 Å². The molecule has 106 valence electrons. The van der Waals surface area contributed by atoms with Gasteiger partial charge in [0.05, 0.1) is 0 Å². The van der Waals surface area contributed by atoms with Crippen molar-refractivity contribution in [3.05, 3.63) is 63.9 Å². The fraction of sp³-hybridized carbons (Fsp3) is 0.0769. The molecule has 0 bridgehead atoms. The van der Waals surface area contributed by atoms with Crippen LogP contribution in [0.5, 0.6) is 5.75 Å². The molecule has 0 atom stereocenters. The number of benzene rings is 2. The summed E-state index contributed by atoms with van der Waals surface area (Å²) in [6.07, 6.45) is 0. The number of ether oxygens (including phenoxy) is 1. The summed E-state index contributed by atoms with van der Waals surface area (Å²) in [5.74, 6) is -11.7. The molecule has 2 aromatic rings. The van der Waals surface area contributed by atoms with Crippen LogP contribution in [0.1, 0.15) is 5.56 Å². The van der Waals surface area contributed by atoms with Crippen LogP contribution in [0.25, 0.3) is 0 Å². The molecule has 20 heavy (non-hydrogen) atoms. The second-order valence-corrected chi connectivity index (χ2v) is 4.19. The van der Waals surface area contributed by atoms with E-state index in [2.05, 4.69) is 4.74 Å². The van der Waals surface area contributed by atoms with Crippen LogP contribution < -0.4 is 4.74 Å². The minimum Gasteiger partial charge on any atom is -0.483 e. The van der Waals surface area contributed by atoms with Gasteiger partial charge in [0, 0.05) is 10.6 Å². The standard InChI is InChI=1S/C13H6ClF5O/c14-7-4-2-1-3-6(7)5-20-13-11(18)9(16)8(15)10(17)12(13)19/h1-4H,5H2. The van der Waals surface area contributed by atoms with Gasteiger partial charge in [-0.15, -0.1) is 0 Å². The molecular weight excluding hydrogens is 303 g/mol. The van der Waals surface area contributed by atoms with Crippen LogP contribution in [0.4, 0.5) is 22.0 Å². The Hall–Kier alpha value is -1.82. The number of halogens is 6. The van der Waals surface area contributed by atoms with Gasteiger partial charge in [0.2, 0.25) is 29.1 Å². The summed E-state index contributed by atoms with van der Waals surface area (Å²) in [6, 6.07) is 6.19. The first-order chi connectivity index (χ1) is 9.43. The SMILES string of the molecule is Fc1c(F)c(F)c(OCc2ccccc2Cl)c(F)c1F. The van der Waals surface area contributed by atoms with Gasteiger partial charge in [0.25, 0.3) is 0 Å². The topological polar surface area (TPSA) is 9.23 Å². The molecular formula is C13H6ClF5O. The van der Waals surface area contributed by atoms with E-state index >= 15 is 0 Å². The summed E-state index contributed by atoms with van der Waals surface area (Å²) >= 11 is 5.78. The quantitative estimate of drug-likeness (QED) is 0.457. The normalized spacial score (nSPS) is 10.7. The van der Waals surface area contributed by atoms with Crippen molar-refractivity contribution in [3.63, 3.8) is 0 Å². The van der Waals surface area contributed by atoms with E-state index in [-0.39, 0.29) is 5.02 Å². The number of hydrogen-bond acceptors (Lipinski definition) is 1. The van der Waals surface area contributed by atoms with E-state index in [4.69, 9.17) is 11.6 Å². The van der Waals surface area contributed by atoms with Crippen molar-refractivity contribution < 1.29 is 26.7 Å². The largest absolute Gasteiger partial charge is 0.483 e. The third-order valence-corrected chi connectivity index (χ3v) is 2.87. The average Bonchev–Trinajstić information content (AvgIpc) is 2.45. The van der Waals surface area contributed by atoms with E-state index in [0.29, 0.717) is 5.56 Å². The molecule has 0 aromatic heterocycles. The first kappa shape index (κ1) is 14.6. The summed E-state index contributed by atoms with van der Waals surface area (Å²) in [4.78, 5) is 0. The average molecular weight is 309 g/mol. The van der Waals surface area contributed by atoms with E-state index in [1.807, 2.05) is 0 Å². The zero-order valence-electron chi connectivity index (χ0n) is 9.69. The Morgan fingerprint density at radius 3 is 1.85 bits per heavy atom. The highest BCUT2D eigenvalue weighted by Gasteiger charge is 2.27. The Labute approximate surface area is 115 Å². The Balaban J connectivity index is 2.33. The van der Waals surface area contributed by atoms with Crippen molar-refractivity contribution in [1.29, 1.82) is 0 Å². The molecule has 0 aliphatic heterocycles.